The molecule has 19 heavy (non-hydrogen) atoms. The summed E-state index contributed by atoms with van der Waals surface area (Å²) >= 11 is 0. The molecular formula is C16H21N3. The molecule has 0 amide bonds. The zero-order chi connectivity index (χ0) is 13.7. The number of aromatic nitrogens is 2. The molecule has 1 N–H and O–H groups in total. The maximum Gasteiger partial charge on any atom is 0.115 e. The fourth-order valence-electron chi connectivity index (χ4n) is 2.28. The van der Waals surface area contributed by atoms with E-state index in [4.69, 9.17) is 0 Å². The first-order chi connectivity index (χ1) is 9.22. The lowest BCUT2D eigenvalue weighted by Gasteiger charge is -2.20. The minimum absolute atomic E-state index is 0.142. The summed E-state index contributed by atoms with van der Waals surface area (Å²) in [7, 11) is 0. The molecule has 0 radical (unpaired) electrons. The van der Waals surface area contributed by atoms with Gasteiger partial charge in [0, 0.05) is 6.20 Å². The molecule has 0 fully saturated rings. The molecular weight excluding hydrogens is 234 g/mol. The highest BCUT2D eigenvalue weighted by atomic mass is 15.0. The van der Waals surface area contributed by atoms with Crippen LogP contribution in [0.2, 0.25) is 0 Å². The maximum atomic E-state index is 4.40. The summed E-state index contributed by atoms with van der Waals surface area (Å²) in [5.74, 6) is 0. The summed E-state index contributed by atoms with van der Waals surface area (Å²) in [5.41, 5.74) is 4.90. The van der Waals surface area contributed by atoms with Crippen molar-refractivity contribution >= 4 is 0 Å². The van der Waals surface area contributed by atoms with Gasteiger partial charge < -0.3 is 5.32 Å². The van der Waals surface area contributed by atoms with Crippen LogP contribution in [-0.4, -0.2) is 16.5 Å². The Morgan fingerprint density at radius 2 is 2.05 bits per heavy atom. The van der Waals surface area contributed by atoms with E-state index in [1.807, 2.05) is 6.07 Å². The van der Waals surface area contributed by atoms with Crippen molar-refractivity contribution in [3.63, 3.8) is 0 Å². The topological polar surface area (TPSA) is 37.8 Å². The minimum Gasteiger partial charge on any atom is -0.305 e. The quantitative estimate of drug-likeness (QED) is 0.891. The van der Waals surface area contributed by atoms with Crippen molar-refractivity contribution in [2.45, 2.75) is 33.2 Å². The molecule has 2 aromatic rings. The van der Waals surface area contributed by atoms with Crippen LogP contribution >= 0.6 is 0 Å². The van der Waals surface area contributed by atoms with Gasteiger partial charge in [0.1, 0.15) is 6.33 Å². The van der Waals surface area contributed by atoms with E-state index < -0.39 is 0 Å². The van der Waals surface area contributed by atoms with Gasteiger partial charge in [-0.1, -0.05) is 30.7 Å². The van der Waals surface area contributed by atoms with Gasteiger partial charge in [0.25, 0.3) is 0 Å². The smallest absolute Gasteiger partial charge is 0.115 e. The molecule has 0 aliphatic carbocycles. The Morgan fingerprint density at radius 1 is 1.21 bits per heavy atom. The molecule has 0 saturated heterocycles. The standard InChI is InChI=1S/C16H21N3/c1-4-8-18-16(15-7-9-17-11-19-15)14-6-5-12(2)10-13(14)3/h5-7,9-11,16,18H,4,8H2,1-3H3. The average Bonchev–Trinajstić information content (AvgIpc) is 2.42. The van der Waals surface area contributed by atoms with E-state index in [1.54, 1.807) is 12.5 Å². The summed E-state index contributed by atoms with van der Waals surface area (Å²) in [6.07, 6.45) is 4.51. The lowest BCUT2D eigenvalue weighted by atomic mass is 9.97. The van der Waals surface area contributed by atoms with E-state index in [9.17, 15) is 0 Å². The van der Waals surface area contributed by atoms with Crippen LogP contribution in [0, 0.1) is 13.8 Å². The molecule has 1 unspecified atom stereocenters. The molecule has 1 heterocycles. The summed E-state index contributed by atoms with van der Waals surface area (Å²) < 4.78 is 0. The number of rotatable bonds is 5. The first-order valence-electron chi connectivity index (χ1n) is 6.78. The van der Waals surface area contributed by atoms with Gasteiger partial charge >= 0.3 is 0 Å². The van der Waals surface area contributed by atoms with Gasteiger partial charge in [0.2, 0.25) is 0 Å². The van der Waals surface area contributed by atoms with Gasteiger partial charge in [-0.2, -0.15) is 0 Å². The summed E-state index contributed by atoms with van der Waals surface area (Å²) in [6.45, 7) is 7.42. The Morgan fingerprint density at radius 3 is 2.68 bits per heavy atom. The zero-order valence-corrected chi connectivity index (χ0v) is 11.9. The van der Waals surface area contributed by atoms with E-state index >= 15 is 0 Å². The lowest BCUT2D eigenvalue weighted by molar-refractivity contribution is 0.583. The van der Waals surface area contributed by atoms with E-state index in [-0.39, 0.29) is 6.04 Å². The molecule has 0 aliphatic heterocycles. The van der Waals surface area contributed by atoms with Crippen molar-refractivity contribution in [3.05, 3.63) is 59.2 Å². The number of benzene rings is 1. The number of nitrogens with one attached hydrogen (secondary N) is 1. The number of hydrogen-bond donors (Lipinski definition) is 1. The third-order valence-corrected chi connectivity index (χ3v) is 3.24. The predicted octanol–water partition coefficient (Wildman–Crippen LogP) is 3.18. The second kappa shape index (κ2) is 6.43. The first-order valence-corrected chi connectivity index (χ1v) is 6.78. The molecule has 0 saturated carbocycles. The van der Waals surface area contributed by atoms with Crippen LogP contribution in [0.15, 0.2) is 36.8 Å². The molecule has 1 atom stereocenters. The van der Waals surface area contributed by atoms with Crippen LogP contribution in [0.3, 0.4) is 0 Å². The van der Waals surface area contributed by atoms with Crippen molar-refractivity contribution < 1.29 is 0 Å². The number of nitrogens with zero attached hydrogens (tertiary/aromatic N) is 2. The van der Waals surface area contributed by atoms with Crippen LogP contribution in [0.1, 0.15) is 41.8 Å². The van der Waals surface area contributed by atoms with Crippen molar-refractivity contribution in [2.75, 3.05) is 6.54 Å². The third-order valence-electron chi connectivity index (χ3n) is 3.24. The van der Waals surface area contributed by atoms with Crippen LogP contribution < -0.4 is 5.32 Å². The van der Waals surface area contributed by atoms with Crippen molar-refractivity contribution in [1.82, 2.24) is 15.3 Å². The summed E-state index contributed by atoms with van der Waals surface area (Å²) in [5, 5.41) is 3.57. The van der Waals surface area contributed by atoms with Gasteiger partial charge in [0.15, 0.2) is 0 Å². The Hall–Kier alpha value is -1.74. The highest BCUT2D eigenvalue weighted by Gasteiger charge is 2.16. The number of hydrogen-bond acceptors (Lipinski definition) is 3. The highest BCUT2D eigenvalue weighted by Crippen LogP contribution is 2.24. The Labute approximate surface area is 115 Å². The molecule has 1 aromatic carbocycles. The molecule has 0 spiro atoms. The molecule has 1 aromatic heterocycles. The van der Waals surface area contributed by atoms with Gasteiger partial charge in [-0.25, -0.2) is 9.97 Å². The number of aryl methyl sites for hydroxylation is 2. The Bertz CT molecular complexity index is 523. The van der Waals surface area contributed by atoms with Gasteiger partial charge in [-0.3, -0.25) is 0 Å². The molecule has 0 aliphatic rings. The molecule has 3 nitrogen and oxygen atoms in total. The van der Waals surface area contributed by atoms with Crippen LogP contribution in [-0.2, 0) is 0 Å². The SMILES string of the molecule is CCCNC(c1ccncn1)c1ccc(C)cc1C. The minimum atomic E-state index is 0.142. The molecule has 3 heteroatoms. The molecule has 0 bridgehead atoms. The Balaban J connectivity index is 2.37. The fourth-order valence-corrected chi connectivity index (χ4v) is 2.28. The third kappa shape index (κ3) is 3.38. The van der Waals surface area contributed by atoms with Crippen LogP contribution in [0.4, 0.5) is 0 Å². The second-order valence-corrected chi connectivity index (χ2v) is 4.88. The first kappa shape index (κ1) is 13.7. The predicted molar refractivity (Wildman–Crippen MR) is 78.1 cm³/mol. The van der Waals surface area contributed by atoms with Gasteiger partial charge in [0.05, 0.1) is 11.7 Å². The van der Waals surface area contributed by atoms with Gasteiger partial charge in [-0.05, 0) is 44.0 Å². The average molecular weight is 255 g/mol. The summed E-state index contributed by atoms with van der Waals surface area (Å²) in [6, 6.07) is 8.69. The molecule has 100 valence electrons. The van der Waals surface area contributed by atoms with Crippen molar-refractivity contribution in [1.29, 1.82) is 0 Å². The maximum absolute atomic E-state index is 4.40. The second-order valence-electron chi connectivity index (χ2n) is 4.88. The molecule has 2 rings (SSSR count). The largest absolute Gasteiger partial charge is 0.305 e. The van der Waals surface area contributed by atoms with E-state index in [2.05, 4.69) is 54.3 Å². The zero-order valence-electron chi connectivity index (χ0n) is 11.9. The van der Waals surface area contributed by atoms with Crippen LogP contribution in [0.25, 0.3) is 0 Å². The van der Waals surface area contributed by atoms with Crippen molar-refractivity contribution in [2.24, 2.45) is 0 Å². The lowest BCUT2D eigenvalue weighted by Crippen LogP contribution is -2.24. The highest BCUT2D eigenvalue weighted by molar-refractivity contribution is 5.36. The fraction of sp³-hybridized carbons (Fsp3) is 0.375. The monoisotopic (exact) mass is 255 g/mol. The van der Waals surface area contributed by atoms with E-state index in [1.165, 1.54) is 16.7 Å². The normalized spacial score (nSPS) is 12.4. The van der Waals surface area contributed by atoms with Crippen molar-refractivity contribution in [3.8, 4) is 0 Å². The Kier molecular flexibility index (Phi) is 4.63. The van der Waals surface area contributed by atoms with E-state index in [0.717, 1.165) is 18.7 Å². The summed E-state index contributed by atoms with van der Waals surface area (Å²) in [4.78, 5) is 8.40. The van der Waals surface area contributed by atoms with Crippen LogP contribution in [0.5, 0.6) is 0 Å². The van der Waals surface area contributed by atoms with E-state index in [0.29, 0.717) is 0 Å². The van der Waals surface area contributed by atoms with Gasteiger partial charge in [-0.15, -0.1) is 0 Å².